The Balaban J connectivity index is 1.21. The topological polar surface area (TPSA) is 97.5 Å². The summed E-state index contributed by atoms with van der Waals surface area (Å²) in [5, 5.41) is 14.9. The van der Waals surface area contributed by atoms with Crippen molar-refractivity contribution in [3.05, 3.63) is 95.6 Å². The molecule has 7 nitrogen and oxygen atoms in total. The van der Waals surface area contributed by atoms with Crippen LogP contribution in [0.3, 0.4) is 0 Å². The zero-order valence-electron chi connectivity index (χ0n) is 20.3. The highest BCUT2D eigenvalue weighted by atomic mass is 16.5. The third-order valence-corrected chi connectivity index (χ3v) is 6.91. The van der Waals surface area contributed by atoms with Crippen molar-refractivity contribution in [2.75, 3.05) is 18.5 Å². The van der Waals surface area contributed by atoms with Gasteiger partial charge in [0, 0.05) is 53.2 Å². The molecule has 0 bridgehead atoms. The van der Waals surface area contributed by atoms with Crippen LogP contribution >= 0.6 is 0 Å². The quantitative estimate of drug-likeness (QED) is 0.275. The van der Waals surface area contributed by atoms with Gasteiger partial charge in [0.1, 0.15) is 11.3 Å². The Kier molecular flexibility index (Phi) is 6.18. The van der Waals surface area contributed by atoms with Crippen molar-refractivity contribution in [3.63, 3.8) is 0 Å². The van der Waals surface area contributed by atoms with Crippen molar-refractivity contribution in [3.8, 4) is 5.75 Å². The van der Waals surface area contributed by atoms with Gasteiger partial charge in [-0.05, 0) is 54.8 Å². The number of rotatable bonds is 8. The summed E-state index contributed by atoms with van der Waals surface area (Å²) in [6.45, 7) is 1.51. The second kappa shape index (κ2) is 9.93. The number of aromatic nitrogens is 2. The predicted molar refractivity (Wildman–Crippen MR) is 142 cm³/mol. The van der Waals surface area contributed by atoms with E-state index in [9.17, 15) is 9.90 Å². The number of carboxylic acids is 1. The van der Waals surface area contributed by atoms with E-state index in [2.05, 4.69) is 16.4 Å². The minimum atomic E-state index is -0.876. The maximum absolute atomic E-state index is 11.8. The van der Waals surface area contributed by atoms with E-state index >= 15 is 0 Å². The molecular formula is C30H27N3O4. The molecule has 0 aliphatic carbocycles. The molecule has 0 radical (unpaired) electrons. The molecule has 186 valence electrons. The van der Waals surface area contributed by atoms with Crippen molar-refractivity contribution in [2.45, 2.75) is 31.6 Å². The molecule has 0 amide bonds. The van der Waals surface area contributed by atoms with Crippen LogP contribution in [0.2, 0.25) is 0 Å². The number of aryl methyl sites for hydroxylation is 1. The molecule has 37 heavy (non-hydrogen) atoms. The number of pyridine rings is 2. The lowest BCUT2D eigenvalue weighted by molar-refractivity contribution is -0.137. The van der Waals surface area contributed by atoms with Crippen LogP contribution in [-0.4, -0.2) is 34.2 Å². The Morgan fingerprint density at radius 3 is 2.97 bits per heavy atom. The van der Waals surface area contributed by atoms with Gasteiger partial charge in [-0.25, -0.2) is 0 Å². The molecule has 2 aromatic carbocycles. The van der Waals surface area contributed by atoms with Gasteiger partial charge in [-0.1, -0.05) is 18.2 Å². The molecule has 0 spiro atoms. The number of anilines is 1. The molecule has 1 aliphatic heterocycles. The maximum Gasteiger partial charge on any atom is 0.304 e. The van der Waals surface area contributed by atoms with Gasteiger partial charge in [-0.15, -0.1) is 0 Å². The lowest BCUT2D eigenvalue weighted by Gasteiger charge is -2.17. The molecule has 1 atom stereocenters. The number of benzene rings is 2. The maximum atomic E-state index is 11.8. The number of fused-ring (bicyclic) bond motifs is 3. The van der Waals surface area contributed by atoms with Crippen LogP contribution in [0.4, 0.5) is 5.69 Å². The summed E-state index contributed by atoms with van der Waals surface area (Å²) in [4.78, 5) is 21.1. The van der Waals surface area contributed by atoms with Crippen LogP contribution in [0.1, 0.15) is 41.3 Å². The molecular weight excluding hydrogens is 466 g/mol. The van der Waals surface area contributed by atoms with E-state index in [1.165, 1.54) is 0 Å². The van der Waals surface area contributed by atoms with Gasteiger partial charge in [0.15, 0.2) is 0 Å². The third kappa shape index (κ3) is 4.85. The number of aliphatic carboxylic acids is 1. The van der Waals surface area contributed by atoms with Crippen LogP contribution in [0.15, 0.2) is 77.5 Å². The van der Waals surface area contributed by atoms with Crippen molar-refractivity contribution < 1.29 is 19.1 Å². The zero-order valence-corrected chi connectivity index (χ0v) is 20.3. The second-order valence-electron chi connectivity index (χ2n) is 9.39. The van der Waals surface area contributed by atoms with E-state index in [1.54, 1.807) is 12.5 Å². The molecule has 3 aromatic heterocycles. The number of carbonyl (C=O) groups is 1. The van der Waals surface area contributed by atoms with E-state index < -0.39 is 5.97 Å². The van der Waals surface area contributed by atoms with Gasteiger partial charge >= 0.3 is 5.97 Å². The number of nitrogens with zero attached hydrogens (tertiary/aromatic N) is 2. The Hall–Kier alpha value is -4.39. The molecule has 0 saturated heterocycles. The van der Waals surface area contributed by atoms with E-state index in [1.807, 2.05) is 54.6 Å². The molecule has 0 saturated carbocycles. The van der Waals surface area contributed by atoms with Gasteiger partial charge in [-0.3, -0.25) is 14.8 Å². The first kappa shape index (κ1) is 23.0. The fourth-order valence-electron chi connectivity index (χ4n) is 5.04. The van der Waals surface area contributed by atoms with Crippen molar-refractivity contribution in [1.82, 2.24) is 9.97 Å². The highest BCUT2D eigenvalue weighted by Gasteiger charge is 2.23. The van der Waals surface area contributed by atoms with Gasteiger partial charge in [0.2, 0.25) is 0 Å². The van der Waals surface area contributed by atoms with Crippen LogP contribution in [0.5, 0.6) is 5.75 Å². The summed E-state index contributed by atoms with van der Waals surface area (Å²) in [6, 6.07) is 19.7. The number of furan rings is 1. The normalized spacial score (nSPS) is 13.7. The van der Waals surface area contributed by atoms with Crippen molar-refractivity contribution in [1.29, 1.82) is 0 Å². The third-order valence-electron chi connectivity index (χ3n) is 6.91. The zero-order chi connectivity index (χ0) is 25.2. The lowest BCUT2D eigenvalue weighted by Crippen LogP contribution is -2.14. The second-order valence-corrected chi connectivity index (χ2v) is 9.39. The first-order valence-corrected chi connectivity index (χ1v) is 12.6. The van der Waals surface area contributed by atoms with Gasteiger partial charge < -0.3 is 19.6 Å². The van der Waals surface area contributed by atoms with Crippen LogP contribution < -0.4 is 10.1 Å². The number of carboxylic acid groups (broad SMARTS) is 1. The Labute approximate surface area is 214 Å². The summed E-state index contributed by atoms with van der Waals surface area (Å²) < 4.78 is 11.9. The van der Waals surface area contributed by atoms with E-state index in [4.69, 9.17) is 14.1 Å². The molecule has 2 N–H and O–H groups in total. The number of nitrogens with one attached hydrogen (secondary N) is 1. The molecule has 1 unspecified atom stereocenters. The van der Waals surface area contributed by atoms with Crippen LogP contribution in [0.25, 0.3) is 21.9 Å². The summed E-state index contributed by atoms with van der Waals surface area (Å²) in [5.41, 5.74) is 6.49. The highest BCUT2D eigenvalue weighted by molar-refractivity contribution is 5.85. The van der Waals surface area contributed by atoms with E-state index in [0.717, 1.165) is 63.9 Å². The molecule has 7 heteroatoms. The summed E-state index contributed by atoms with van der Waals surface area (Å²) in [6.07, 6.45) is 6.18. The fourth-order valence-corrected chi connectivity index (χ4v) is 5.04. The first-order valence-electron chi connectivity index (χ1n) is 12.6. The summed E-state index contributed by atoms with van der Waals surface area (Å²) >= 11 is 0. The minimum absolute atomic E-state index is 0.0593. The van der Waals surface area contributed by atoms with Crippen LogP contribution in [-0.2, 0) is 17.6 Å². The minimum Gasteiger partial charge on any atom is -0.493 e. The Morgan fingerprint density at radius 2 is 2.05 bits per heavy atom. The SMILES string of the molecule is O=C(O)CC(c1cnc2ccccc2c1)c1coc2cc(OCCc3ccc4c(n3)CCCN4)ccc12. The number of ether oxygens (including phenoxy) is 1. The Bertz CT molecular complexity index is 1590. The molecule has 5 aromatic rings. The monoisotopic (exact) mass is 493 g/mol. The first-order chi connectivity index (χ1) is 18.1. The number of hydrogen-bond acceptors (Lipinski definition) is 6. The highest BCUT2D eigenvalue weighted by Crippen LogP contribution is 2.36. The predicted octanol–water partition coefficient (Wildman–Crippen LogP) is 5.96. The molecule has 0 fully saturated rings. The van der Waals surface area contributed by atoms with Crippen molar-refractivity contribution in [2.24, 2.45) is 0 Å². The summed E-state index contributed by atoms with van der Waals surface area (Å²) in [5.74, 6) is -0.554. The summed E-state index contributed by atoms with van der Waals surface area (Å²) in [7, 11) is 0. The lowest BCUT2D eigenvalue weighted by atomic mass is 9.88. The fraction of sp³-hybridized carbons (Fsp3) is 0.233. The largest absolute Gasteiger partial charge is 0.493 e. The average molecular weight is 494 g/mol. The van der Waals surface area contributed by atoms with Crippen LogP contribution in [0, 0.1) is 0 Å². The molecule has 4 heterocycles. The Morgan fingerprint density at radius 1 is 1.14 bits per heavy atom. The van der Waals surface area contributed by atoms with Gasteiger partial charge in [-0.2, -0.15) is 0 Å². The van der Waals surface area contributed by atoms with E-state index in [0.29, 0.717) is 24.4 Å². The molecule has 1 aliphatic rings. The smallest absolute Gasteiger partial charge is 0.304 e. The van der Waals surface area contributed by atoms with Gasteiger partial charge in [0.25, 0.3) is 0 Å². The van der Waals surface area contributed by atoms with Crippen molar-refractivity contribution >= 4 is 33.5 Å². The number of para-hydroxylation sites is 1. The van der Waals surface area contributed by atoms with Gasteiger partial charge in [0.05, 0.1) is 36.2 Å². The molecule has 6 rings (SSSR count). The standard InChI is InChI=1S/C30H27N3O4/c34-30(35)16-24(20-14-19-4-1-2-5-26(19)32-17-20)25-18-37-29-15-22(8-9-23(25)29)36-13-11-21-7-10-27-28(33-21)6-3-12-31-27/h1-2,4-5,7-10,14-15,17-18,24,31H,3,6,11-13,16H2,(H,34,35). The van der Waals surface area contributed by atoms with E-state index in [-0.39, 0.29) is 12.3 Å². The number of hydrogen-bond donors (Lipinski definition) is 2. The average Bonchev–Trinajstić information content (AvgIpc) is 3.34.